The van der Waals surface area contributed by atoms with Gasteiger partial charge in [-0.2, -0.15) is 4.68 Å². The average Bonchev–Trinajstić information content (AvgIpc) is 2.96. The Balaban J connectivity index is 2.07. The number of aromatic nitrogens is 2. The molecule has 0 aromatic carbocycles. The van der Waals surface area contributed by atoms with Crippen molar-refractivity contribution in [1.82, 2.24) is 9.78 Å². The van der Waals surface area contributed by atoms with Gasteiger partial charge < -0.3 is 25.4 Å². The lowest BCUT2D eigenvalue weighted by molar-refractivity contribution is -0.389. The molecule has 0 fully saturated rings. The molecule has 0 spiro atoms. The molecule has 3 N–H and O–H groups in total. The van der Waals surface area contributed by atoms with E-state index in [2.05, 4.69) is 5.10 Å². The summed E-state index contributed by atoms with van der Waals surface area (Å²) in [4.78, 5) is 20.6. The number of rotatable bonds is 6. The van der Waals surface area contributed by atoms with E-state index in [1.807, 2.05) is 0 Å². The number of hydrogen-bond acceptors (Lipinski definition) is 6. The lowest BCUT2D eigenvalue weighted by Gasteiger charge is -2.02. The van der Waals surface area contributed by atoms with Gasteiger partial charge in [-0.3, -0.25) is 4.79 Å². The zero-order chi connectivity index (χ0) is 15.6. The summed E-state index contributed by atoms with van der Waals surface area (Å²) in [6.07, 6.45) is 1.36. The molecule has 1 unspecified atom stereocenters. The summed E-state index contributed by atoms with van der Waals surface area (Å²) in [7, 11) is 0. The Kier molecular flexibility index (Phi) is 4.24. The number of nitrogens with zero attached hydrogens (tertiary/aromatic N) is 3. The largest absolute Gasteiger partial charge is 0.480 e. The molecule has 1 atom stereocenters. The van der Waals surface area contributed by atoms with Crippen molar-refractivity contribution < 1.29 is 19.2 Å². The number of aliphatic carboxylic acids is 1. The van der Waals surface area contributed by atoms with Crippen LogP contribution >= 0.6 is 11.6 Å². The molecule has 0 amide bonds. The maximum absolute atomic E-state index is 10.6. The first kappa shape index (κ1) is 15.0. The number of hydrogen-bond donors (Lipinski definition) is 2. The third kappa shape index (κ3) is 3.58. The number of nitro groups is 1. The Labute approximate surface area is 123 Å². The number of nitrogens with two attached hydrogens (primary N) is 1. The molecule has 10 heteroatoms. The molecule has 0 radical (unpaired) electrons. The fraction of sp³-hybridized carbons (Fsp3) is 0.273. The molecular weight excluding hydrogens is 304 g/mol. The highest BCUT2D eigenvalue weighted by Gasteiger charge is 2.20. The second kappa shape index (κ2) is 5.94. The molecule has 0 saturated heterocycles. The Bertz CT molecular complexity index is 680. The van der Waals surface area contributed by atoms with Crippen molar-refractivity contribution in [1.29, 1.82) is 0 Å². The van der Waals surface area contributed by atoms with Crippen LogP contribution in [0.3, 0.4) is 0 Å². The minimum Gasteiger partial charge on any atom is -0.480 e. The van der Waals surface area contributed by atoms with Gasteiger partial charge in [-0.05, 0) is 17.1 Å². The van der Waals surface area contributed by atoms with E-state index in [0.29, 0.717) is 11.5 Å². The van der Waals surface area contributed by atoms with Crippen LogP contribution in [0.5, 0.6) is 0 Å². The predicted molar refractivity (Wildman–Crippen MR) is 71.0 cm³/mol. The van der Waals surface area contributed by atoms with E-state index in [-0.39, 0.29) is 18.0 Å². The molecule has 2 heterocycles. The third-order valence-corrected chi connectivity index (χ3v) is 2.91. The van der Waals surface area contributed by atoms with Gasteiger partial charge in [-0.15, -0.1) is 0 Å². The van der Waals surface area contributed by atoms with Gasteiger partial charge in [-0.1, -0.05) is 11.6 Å². The van der Waals surface area contributed by atoms with E-state index in [9.17, 15) is 14.9 Å². The topological polar surface area (TPSA) is 137 Å². The van der Waals surface area contributed by atoms with Gasteiger partial charge >= 0.3 is 11.8 Å². The first-order valence-electron chi connectivity index (χ1n) is 5.80. The summed E-state index contributed by atoms with van der Waals surface area (Å²) in [5.41, 5.74) is 5.40. The van der Waals surface area contributed by atoms with Crippen LogP contribution in [0.25, 0.3) is 0 Å². The molecule has 0 aliphatic rings. The number of carboxylic acids is 1. The molecule has 0 bridgehead atoms. The lowest BCUT2D eigenvalue weighted by atomic mass is 10.2. The van der Waals surface area contributed by atoms with Crippen LogP contribution in [0.15, 0.2) is 22.7 Å². The van der Waals surface area contributed by atoms with Crippen molar-refractivity contribution in [2.75, 3.05) is 0 Å². The standard InChI is InChI=1S/C11H11ClN4O5/c12-8-5-15(14-10(8)16(19)20)4-7-2-1-6(21-7)3-9(13)11(17)18/h1-2,5,9H,3-4,13H2,(H,17,18). The highest BCUT2D eigenvalue weighted by Crippen LogP contribution is 2.22. The molecule has 0 aliphatic carbocycles. The minimum atomic E-state index is -1.12. The SMILES string of the molecule is NC(Cc1ccc(Cn2cc(Cl)c([N+](=O)[O-])n2)o1)C(=O)O. The summed E-state index contributed by atoms with van der Waals surface area (Å²) in [5, 5.41) is 23.0. The van der Waals surface area contributed by atoms with Gasteiger partial charge in [0, 0.05) is 6.42 Å². The Morgan fingerprint density at radius 2 is 2.24 bits per heavy atom. The molecule has 21 heavy (non-hydrogen) atoms. The highest BCUT2D eigenvalue weighted by molar-refractivity contribution is 6.32. The maximum atomic E-state index is 10.6. The minimum absolute atomic E-state index is 0.0509. The normalized spacial score (nSPS) is 12.3. The summed E-state index contributed by atoms with van der Waals surface area (Å²) >= 11 is 5.68. The summed E-state index contributed by atoms with van der Waals surface area (Å²) < 4.78 is 6.66. The molecule has 0 saturated carbocycles. The van der Waals surface area contributed by atoms with Crippen LogP contribution in [0.1, 0.15) is 11.5 Å². The molecule has 0 aliphatic heterocycles. The fourth-order valence-corrected chi connectivity index (χ4v) is 1.89. The van der Waals surface area contributed by atoms with E-state index in [1.54, 1.807) is 12.1 Å². The molecule has 9 nitrogen and oxygen atoms in total. The van der Waals surface area contributed by atoms with Crippen LogP contribution < -0.4 is 5.73 Å². The first-order chi connectivity index (χ1) is 9.86. The van der Waals surface area contributed by atoms with E-state index in [4.69, 9.17) is 26.9 Å². The third-order valence-electron chi connectivity index (χ3n) is 2.65. The smallest absolute Gasteiger partial charge is 0.408 e. The quantitative estimate of drug-likeness (QED) is 0.600. The van der Waals surface area contributed by atoms with Gasteiger partial charge in [0.15, 0.2) is 5.02 Å². The molecule has 2 aromatic heterocycles. The van der Waals surface area contributed by atoms with Crippen molar-refractivity contribution in [2.45, 2.75) is 19.0 Å². The number of carboxylic acid groups (broad SMARTS) is 1. The molecular formula is C11H11ClN4O5. The highest BCUT2D eigenvalue weighted by atomic mass is 35.5. The number of halogens is 1. The summed E-state index contributed by atoms with van der Waals surface area (Å²) in [6, 6.07) is 2.16. The molecule has 2 aromatic rings. The van der Waals surface area contributed by atoms with E-state index in [0.717, 1.165) is 0 Å². The van der Waals surface area contributed by atoms with Crippen molar-refractivity contribution in [2.24, 2.45) is 5.73 Å². The zero-order valence-corrected chi connectivity index (χ0v) is 11.4. The van der Waals surface area contributed by atoms with Gasteiger partial charge in [-0.25, -0.2) is 0 Å². The summed E-state index contributed by atoms with van der Waals surface area (Å²) in [6.45, 7) is 0.135. The predicted octanol–water partition coefficient (Wildman–Crippen LogP) is 1.04. The van der Waals surface area contributed by atoms with E-state index >= 15 is 0 Å². The lowest BCUT2D eigenvalue weighted by Crippen LogP contribution is -2.32. The first-order valence-corrected chi connectivity index (χ1v) is 6.18. The van der Waals surface area contributed by atoms with Crippen molar-refractivity contribution in [3.05, 3.63) is 45.0 Å². The van der Waals surface area contributed by atoms with Crippen LogP contribution in [-0.4, -0.2) is 31.8 Å². The second-order valence-electron chi connectivity index (χ2n) is 4.27. The second-order valence-corrected chi connectivity index (χ2v) is 4.68. The van der Waals surface area contributed by atoms with Gasteiger partial charge in [0.1, 0.15) is 24.1 Å². The number of carbonyl (C=O) groups is 1. The van der Waals surface area contributed by atoms with Crippen LogP contribution in [0.2, 0.25) is 5.02 Å². The maximum Gasteiger partial charge on any atom is 0.408 e. The van der Waals surface area contributed by atoms with Crippen LogP contribution in [0.4, 0.5) is 5.82 Å². The van der Waals surface area contributed by atoms with Crippen LogP contribution in [-0.2, 0) is 17.8 Å². The average molecular weight is 315 g/mol. The van der Waals surface area contributed by atoms with Crippen molar-refractivity contribution >= 4 is 23.4 Å². The van der Waals surface area contributed by atoms with E-state index in [1.165, 1.54) is 10.9 Å². The van der Waals surface area contributed by atoms with Gasteiger partial charge in [0.2, 0.25) is 0 Å². The Morgan fingerprint density at radius 3 is 2.81 bits per heavy atom. The Morgan fingerprint density at radius 1 is 1.57 bits per heavy atom. The summed E-state index contributed by atoms with van der Waals surface area (Å²) in [5.74, 6) is -0.692. The number of furan rings is 1. The fourth-order valence-electron chi connectivity index (χ4n) is 1.67. The Hall–Kier alpha value is -2.39. The zero-order valence-electron chi connectivity index (χ0n) is 10.6. The molecule has 112 valence electrons. The molecule has 2 rings (SSSR count). The van der Waals surface area contributed by atoms with Gasteiger partial charge in [0.25, 0.3) is 0 Å². The van der Waals surface area contributed by atoms with Crippen molar-refractivity contribution in [3.63, 3.8) is 0 Å². The van der Waals surface area contributed by atoms with Crippen LogP contribution in [0, 0.1) is 10.1 Å². The monoisotopic (exact) mass is 314 g/mol. The van der Waals surface area contributed by atoms with Crippen molar-refractivity contribution in [3.8, 4) is 0 Å². The van der Waals surface area contributed by atoms with Gasteiger partial charge in [0.05, 0.1) is 11.3 Å². The van der Waals surface area contributed by atoms with E-state index < -0.39 is 22.8 Å².